The highest BCUT2D eigenvalue weighted by Crippen LogP contribution is 2.36. The van der Waals surface area contributed by atoms with Crippen molar-refractivity contribution in [3.05, 3.63) is 78.4 Å². The van der Waals surface area contributed by atoms with Crippen molar-refractivity contribution in [2.45, 2.75) is 21.6 Å². The van der Waals surface area contributed by atoms with Crippen molar-refractivity contribution in [1.82, 2.24) is 0 Å². The van der Waals surface area contributed by atoms with Crippen LogP contribution in [0.2, 0.25) is 0 Å². The molecule has 0 spiro atoms. The molecule has 4 aromatic rings. The van der Waals surface area contributed by atoms with Gasteiger partial charge in [-0.05, 0) is 65.1 Å². The molecule has 0 saturated carbocycles. The Balaban J connectivity index is 1.85. The van der Waals surface area contributed by atoms with E-state index in [1.165, 1.54) is 41.8 Å². The molecule has 118 valence electrons. The van der Waals surface area contributed by atoms with Gasteiger partial charge in [-0.15, -0.1) is 11.8 Å². The zero-order valence-corrected chi connectivity index (χ0v) is 15.4. The third-order valence-corrected chi connectivity index (χ3v) is 6.05. The second kappa shape index (κ2) is 6.54. The van der Waals surface area contributed by atoms with E-state index in [4.69, 9.17) is 0 Å². The zero-order chi connectivity index (χ0) is 16.5. The molecule has 24 heavy (non-hydrogen) atoms. The Kier molecular flexibility index (Phi) is 4.26. The van der Waals surface area contributed by atoms with E-state index in [0.29, 0.717) is 0 Å². The highest BCUT2D eigenvalue weighted by molar-refractivity contribution is 7.99. The van der Waals surface area contributed by atoms with Gasteiger partial charge in [0.05, 0.1) is 0 Å². The lowest BCUT2D eigenvalue weighted by Gasteiger charge is -2.10. The summed E-state index contributed by atoms with van der Waals surface area (Å²) in [5, 5.41) is 5.33. The van der Waals surface area contributed by atoms with Crippen LogP contribution >= 0.6 is 23.5 Å². The lowest BCUT2D eigenvalue weighted by Crippen LogP contribution is -1.83. The van der Waals surface area contributed by atoms with E-state index < -0.39 is 0 Å². The first-order valence-electron chi connectivity index (χ1n) is 7.98. The fourth-order valence-electron chi connectivity index (χ4n) is 3.02. The van der Waals surface area contributed by atoms with Crippen LogP contribution in [0.25, 0.3) is 21.5 Å². The maximum absolute atomic E-state index is 2.33. The third-order valence-electron chi connectivity index (χ3n) is 4.27. The molecule has 0 aliphatic rings. The minimum atomic E-state index is 1.28. The number of thioether (sulfide) groups is 1. The highest BCUT2D eigenvalue weighted by atomic mass is 32.2. The Morgan fingerprint density at radius 1 is 0.667 bits per heavy atom. The first-order valence-corrected chi connectivity index (χ1v) is 10.0. The second-order valence-corrected chi connectivity index (χ2v) is 7.92. The van der Waals surface area contributed by atoms with E-state index in [1.54, 1.807) is 0 Å². The number of benzene rings is 4. The van der Waals surface area contributed by atoms with Gasteiger partial charge in [-0.25, -0.2) is 0 Å². The summed E-state index contributed by atoms with van der Waals surface area (Å²) in [5.41, 5.74) is 1.30. The molecule has 0 saturated heterocycles. The summed E-state index contributed by atoms with van der Waals surface area (Å²) in [4.78, 5) is 3.91. The minimum absolute atomic E-state index is 1.28. The summed E-state index contributed by atoms with van der Waals surface area (Å²) in [6, 6.07) is 26.5. The predicted octanol–water partition coefficient (Wildman–Crippen LogP) is 7.17. The fraction of sp³-hybridized carbons (Fsp3) is 0.0909. The van der Waals surface area contributed by atoms with Crippen LogP contribution in [0, 0.1) is 6.92 Å². The Bertz CT molecular complexity index is 1020. The molecule has 0 aromatic heterocycles. The van der Waals surface area contributed by atoms with Gasteiger partial charge in [0.15, 0.2) is 0 Å². The van der Waals surface area contributed by atoms with Gasteiger partial charge in [0.1, 0.15) is 0 Å². The Morgan fingerprint density at radius 3 is 2.12 bits per heavy atom. The number of aryl methyl sites for hydroxylation is 1. The molecule has 0 N–H and O–H groups in total. The summed E-state index contributed by atoms with van der Waals surface area (Å²) in [7, 11) is 0. The predicted molar refractivity (Wildman–Crippen MR) is 109 cm³/mol. The van der Waals surface area contributed by atoms with Crippen LogP contribution in [-0.2, 0) is 0 Å². The summed E-state index contributed by atoms with van der Waals surface area (Å²) in [6.45, 7) is 2.12. The third kappa shape index (κ3) is 2.92. The minimum Gasteiger partial charge on any atom is -0.129 e. The standard InChI is InChI=1S/C22H18S2/c1-15-7-10-17(11-8-15)24-18-12-9-16-13-22(23-2)20-6-4-3-5-19(20)21(16)14-18/h3-14H,1-2H3. The average Bonchev–Trinajstić information content (AvgIpc) is 2.63. The molecule has 0 aliphatic carbocycles. The van der Waals surface area contributed by atoms with E-state index in [0.717, 1.165) is 0 Å². The molecule has 2 heteroatoms. The molecule has 0 aliphatic heterocycles. The molecular weight excluding hydrogens is 328 g/mol. The van der Waals surface area contributed by atoms with Crippen LogP contribution < -0.4 is 0 Å². The lowest BCUT2D eigenvalue weighted by molar-refractivity contribution is 1.37. The van der Waals surface area contributed by atoms with Crippen molar-refractivity contribution in [3.63, 3.8) is 0 Å². The van der Waals surface area contributed by atoms with Gasteiger partial charge in [0.25, 0.3) is 0 Å². The summed E-state index contributed by atoms with van der Waals surface area (Å²) in [5.74, 6) is 0. The van der Waals surface area contributed by atoms with Crippen LogP contribution in [-0.4, -0.2) is 6.26 Å². The largest absolute Gasteiger partial charge is 0.129 e. The van der Waals surface area contributed by atoms with Gasteiger partial charge in [-0.3, -0.25) is 0 Å². The first kappa shape index (κ1) is 15.6. The van der Waals surface area contributed by atoms with E-state index in [-0.39, 0.29) is 0 Å². The van der Waals surface area contributed by atoms with Crippen molar-refractivity contribution >= 4 is 45.1 Å². The molecule has 0 fully saturated rings. The maximum atomic E-state index is 2.33. The fourth-order valence-corrected chi connectivity index (χ4v) is 4.52. The SMILES string of the molecule is CSc1cc2ccc(Sc3ccc(C)cc3)cc2c2ccccc12. The number of hydrogen-bond donors (Lipinski definition) is 0. The molecule has 0 nitrogen and oxygen atoms in total. The van der Waals surface area contributed by atoms with Crippen LogP contribution in [0.5, 0.6) is 0 Å². The number of fused-ring (bicyclic) bond motifs is 3. The van der Waals surface area contributed by atoms with E-state index in [1.807, 2.05) is 23.5 Å². The quantitative estimate of drug-likeness (QED) is 0.285. The molecular formula is C22H18S2. The normalized spacial score (nSPS) is 11.2. The number of rotatable bonds is 3. The smallest absolute Gasteiger partial charge is 0.0154 e. The summed E-state index contributed by atoms with van der Waals surface area (Å²) >= 11 is 3.64. The second-order valence-electron chi connectivity index (χ2n) is 5.92. The van der Waals surface area contributed by atoms with Crippen molar-refractivity contribution < 1.29 is 0 Å². The molecule has 0 atom stereocenters. The van der Waals surface area contributed by atoms with Crippen molar-refractivity contribution in [2.24, 2.45) is 0 Å². The van der Waals surface area contributed by atoms with Gasteiger partial charge in [0.2, 0.25) is 0 Å². The summed E-state index contributed by atoms with van der Waals surface area (Å²) in [6.07, 6.45) is 2.15. The van der Waals surface area contributed by atoms with E-state index in [2.05, 4.69) is 86.0 Å². The van der Waals surface area contributed by atoms with Crippen molar-refractivity contribution in [1.29, 1.82) is 0 Å². The van der Waals surface area contributed by atoms with Crippen LogP contribution in [0.1, 0.15) is 5.56 Å². The van der Waals surface area contributed by atoms with Crippen LogP contribution in [0.3, 0.4) is 0 Å². The van der Waals surface area contributed by atoms with Gasteiger partial charge in [-0.1, -0.05) is 59.8 Å². The Morgan fingerprint density at radius 2 is 1.38 bits per heavy atom. The monoisotopic (exact) mass is 346 g/mol. The van der Waals surface area contributed by atoms with Gasteiger partial charge in [-0.2, -0.15) is 0 Å². The highest BCUT2D eigenvalue weighted by Gasteiger charge is 2.07. The number of hydrogen-bond acceptors (Lipinski definition) is 2. The van der Waals surface area contributed by atoms with Gasteiger partial charge < -0.3 is 0 Å². The molecule has 4 aromatic carbocycles. The van der Waals surface area contributed by atoms with E-state index in [9.17, 15) is 0 Å². The maximum Gasteiger partial charge on any atom is 0.0154 e. The van der Waals surface area contributed by atoms with E-state index >= 15 is 0 Å². The molecule has 0 heterocycles. The molecule has 0 unspecified atom stereocenters. The zero-order valence-electron chi connectivity index (χ0n) is 13.7. The van der Waals surface area contributed by atoms with Crippen molar-refractivity contribution in [3.8, 4) is 0 Å². The average molecular weight is 347 g/mol. The molecule has 0 amide bonds. The molecule has 0 bridgehead atoms. The topological polar surface area (TPSA) is 0 Å². The van der Waals surface area contributed by atoms with Crippen LogP contribution in [0.15, 0.2) is 87.5 Å². The Labute approximate surface area is 151 Å². The Hall–Kier alpha value is -1.90. The molecule has 0 radical (unpaired) electrons. The molecule has 4 rings (SSSR count). The summed E-state index contributed by atoms with van der Waals surface area (Å²) < 4.78 is 0. The first-order chi connectivity index (χ1) is 11.7. The van der Waals surface area contributed by atoms with Gasteiger partial charge in [0, 0.05) is 14.7 Å². The van der Waals surface area contributed by atoms with Crippen molar-refractivity contribution in [2.75, 3.05) is 6.26 Å². The van der Waals surface area contributed by atoms with Crippen LogP contribution in [0.4, 0.5) is 0 Å². The van der Waals surface area contributed by atoms with Gasteiger partial charge >= 0.3 is 0 Å². The lowest BCUT2D eigenvalue weighted by atomic mass is 10.0.